The smallest absolute Gasteiger partial charge is 0.261 e. The Morgan fingerprint density at radius 3 is 2.21 bits per heavy atom. The highest BCUT2D eigenvalue weighted by atomic mass is 35.5. The molecule has 0 saturated heterocycles. The fourth-order valence-corrected chi connectivity index (χ4v) is 4.12. The van der Waals surface area contributed by atoms with Crippen LogP contribution in [0.1, 0.15) is 21.5 Å². The molecule has 8 heteroatoms. The molecule has 0 aliphatic rings. The van der Waals surface area contributed by atoms with Crippen LogP contribution >= 0.6 is 23.2 Å². The lowest BCUT2D eigenvalue weighted by atomic mass is 10.1. The fourth-order valence-electron chi connectivity index (χ4n) is 2.58. The molecule has 0 spiro atoms. The molecule has 2 N–H and O–H groups in total. The van der Waals surface area contributed by atoms with Gasteiger partial charge in [0.2, 0.25) is 0 Å². The predicted octanol–water partition coefficient (Wildman–Crippen LogP) is 5.66. The van der Waals surface area contributed by atoms with Gasteiger partial charge in [0.15, 0.2) is 0 Å². The molecule has 0 atom stereocenters. The second-order valence-electron chi connectivity index (χ2n) is 6.53. The quantitative estimate of drug-likeness (QED) is 0.528. The SMILES string of the molecule is Cc1ccc(S(=O)(=O)Nc2ccc(C(=O)Nc3cc(Cl)ccc3C)cc2Cl)cc1. The van der Waals surface area contributed by atoms with E-state index < -0.39 is 10.0 Å². The molecule has 5 nitrogen and oxygen atoms in total. The highest BCUT2D eigenvalue weighted by Crippen LogP contribution is 2.27. The molecule has 0 radical (unpaired) electrons. The molecule has 150 valence electrons. The van der Waals surface area contributed by atoms with Crippen molar-refractivity contribution in [2.75, 3.05) is 10.0 Å². The lowest BCUT2D eigenvalue weighted by molar-refractivity contribution is 0.102. The zero-order valence-corrected chi connectivity index (χ0v) is 18.0. The van der Waals surface area contributed by atoms with Crippen LogP contribution in [0.4, 0.5) is 11.4 Å². The zero-order chi connectivity index (χ0) is 21.2. The van der Waals surface area contributed by atoms with Gasteiger partial charge in [-0.25, -0.2) is 8.42 Å². The molecule has 3 rings (SSSR count). The van der Waals surface area contributed by atoms with Crippen LogP contribution in [0.15, 0.2) is 65.6 Å². The maximum absolute atomic E-state index is 12.5. The van der Waals surface area contributed by atoms with Gasteiger partial charge < -0.3 is 5.32 Å². The monoisotopic (exact) mass is 448 g/mol. The van der Waals surface area contributed by atoms with Crippen LogP contribution in [0.5, 0.6) is 0 Å². The molecule has 0 saturated carbocycles. The van der Waals surface area contributed by atoms with Crippen LogP contribution in [0.3, 0.4) is 0 Å². The van der Waals surface area contributed by atoms with Gasteiger partial charge in [-0.05, 0) is 61.9 Å². The molecule has 29 heavy (non-hydrogen) atoms. The molecule has 1 amide bonds. The number of rotatable bonds is 5. The second-order valence-corrected chi connectivity index (χ2v) is 9.05. The van der Waals surface area contributed by atoms with E-state index in [4.69, 9.17) is 23.2 Å². The van der Waals surface area contributed by atoms with Gasteiger partial charge in [0.1, 0.15) is 0 Å². The summed E-state index contributed by atoms with van der Waals surface area (Å²) in [6, 6.07) is 16.0. The summed E-state index contributed by atoms with van der Waals surface area (Å²) >= 11 is 12.2. The van der Waals surface area contributed by atoms with E-state index in [1.807, 2.05) is 13.8 Å². The number of hydrogen-bond acceptors (Lipinski definition) is 3. The molecule has 0 aliphatic carbocycles. The lowest BCUT2D eigenvalue weighted by Gasteiger charge is -2.12. The van der Waals surface area contributed by atoms with Crippen LogP contribution < -0.4 is 10.0 Å². The van der Waals surface area contributed by atoms with Gasteiger partial charge in [-0.3, -0.25) is 9.52 Å². The van der Waals surface area contributed by atoms with Crippen LogP contribution in [-0.2, 0) is 10.0 Å². The second kappa shape index (κ2) is 8.45. The third-order valence-electron chi connectivity index (χ3n) is 4.25. The maximum atomic E-state index is 12.5. The van der Waals surface area contributed by atoms with E-state index >= 15 is 0 Å². The number of sulfonamides is 1. The molecule has 3 aromatic rings. The minimum Gasteiger partial charge on any atom is -0.322 e. The van der Waals surface area contributed by atoms with Gasteiger partial charge >= 0.3 is 0 Å². The van der Waals surface area contributed by atoms with E-state index in [9.17, 15) is 13.2 Å². The Morgan fingerprint density at radius 2 is 1.55 bits per heavy atom. The van der Waals surface area contributed by atoms with Gasteiger partial charge in [0, 0.05) is 16.3 Å². The first-order valence-electron chi connectivity index (χ1n) is 8.62. The number of hydrogen-bond donors (Lipinski definition) is 2. The summed E-state index contributed by atoms with van der Waals surface area (Å²) in [4.78, 5) is 12.7. The minimum absolute atomic E-state index is 0.108. The molecule has 0 fully saturated rings. The number of benzene rings is 3. The number of anilines is 2. The lowest BCUT2D eigenvalue weighted by Crippen LogP contribution is -2.15. The van der Waals surface area contributed by atoms with Crippen LogP contribution in [0.25, 0.3) is 0 Å². The van der Waals surface area contributed by atoms with Gasteiger partial charge in [-0.1, -0.05) is 47.0 Å². The van der Waals surface area contributed by atoms with Gasteiger partial charge in [0.25, 0.3) is 15.9 Å². The summed E-state index contributed by atoms with van der Waals surface area (Å²) in [6.45, 7) is 3.72. The highest BCUT2D eigenvalue weighted by Gasteiger charge is 2.17. The molecule has 0 aliphatic heterocycles. The predicted molar refractivity (Wildman–Crippen MR) is 118 cm³/mol. The van der Waals surface area contributed by atoms with Crippen molar-refractivity contribution in [3.05, 3.63) is 87.4 Å². The van der Waals surface area contributed by atoms with E-state index in [1.165, 1.54) is 30.3 Å². The Hall–Kier alpha value is -2.54. The molecule has 0 bridgehead atoms. The number of halogens is 2. The molecular weight excluding hydrogens is 431 g/mol. The molecular formula is C21H18Cl2N2O3S. The molecule has 0 aromatic heterocycles. The van der Waals surface area contributed by atoms with Gasteiger partial charge in [-0.2, -0.15) is 0 Å². The van der Waals surface area contributed by atoms with Gasteiger partial charge in [0.05, 0.1) is 15.6 Å². The Kier molecular flexibility index (Phi) is 6.17. The Bertz CT molecular complexity index is 1180. The maximum Gasteiger partial charge on any atom is 0.261 e. The standard InChI is InChI=1S/C21H18Cl2N2O3S/c1-13-3-8-17(9-4-13)29(27,28)25-19-10-6-15(11-18(19)23)21(26)24-20-12-16(22)7-5-14(20)2/h3-12,25H,1-2H3,(H,24,26). The summed E-state index contributed by atoms with van der Waals surface area (Å²) in [5.74, 6) is -0.384. The Balaban J connectivity index is 1.80. The van der Waals surface area contributed by atoms with Crippen molar-refractivity contribution in [3.8, 4) is 0 Å². The first-order valence-corrected chi connectivity index (χ1v) is 10.9. The van der Waals surface area contributed by atoms with E-state index in [1.54, 1.807) is 30.3 Å². The normalized spacial score (nSPS) is 11.2. The van der Waals surface area contributed by atoms with Crippen molar-refractivity contribution in [1.82, 2.24) is 0 Å². The zero-order valence-electron chi connectivity index (χ0n) is 15.7. The summed E-state index contributed by atoms with van der Waals surface area (Å²) in [7, 11) is -3.79. The average Bonchev–Trinajstić information content (AvgIpc) is 2.66. The first kappa shape index (κ1) is 21.2. The summed E-state index contributed by atoms with van der Waals surface area (Å²) < 4.78 is 27.5. The van der Waals surface area contributed by atoms with Gasteiger partial charge in [-0.15, -0.1) is 0 Å². The highest BCUT2D eigenvalue weighted by molar-refractivity contribution is 7.92. The average molecular weight is 449 g/mol. The largest absolute Gasteiger partial charge is 0.322 e. The van der Waals surface area contributed by atoms with E-state index in [0.29, 0.717) is 10.7 Å². The number of carbonyl (C=O) groups is 1. The number of amides is 1. The Labute approximate surface area is 179 Å². The topological polar surface area (TPSA) is 75.3 Å². The summed E-state index contributed by atoms with van der Waals surface area (Å²) in [5, 5.41) is 3.38. The first-order chi connectivity index (χ1) is 13.7. The van der Waals surface area contributed by atoms with Crippen molar-refractivity contribution in [2.45, 2.75) is 18.7 Å². The molecule has 0 heterocycles. The van der Waals surface area contributed by atoms with Crippen molar-refractivity contribution in [1.29, 1.82) is 0 Å². The fraction of sp³-hybridized carbons (Fsp3) is 0.0952. The van der Waals surface area contributed by atoms with E-state index in [-0.39, 0.29) is 27.1 Å². The Morgan fingerprint density at radius 1 is 0.862 bits per heavy atom. The number of aryl methyl sites for hydroxylation is 2. The third-order valence-corrected chi connectivity index (χ3v) is 6.18. The third kappa shape index (κ3) is 5.09. The number of nitrogens with one attached hydrogen (secondary N) is 2. The molecule has 3 aromatic carbocycles. The van der Waals surface area contributed by atoms with Crippen molar-refractivity contribution >= 4 is 50.5 Å². The molecule has 0 unspecified atom stereocenters. The van der Waals surface area contributed by atoms with Crippen LogP contribution in [0.2, 0.25) is 10.0 Å². The van der Waals surface area contributed by atoms with E-state index in [0.717, 1.165) is 11.1 Å². The van der Waals surface area contributed by atoms with E-state index in [2.05, 4.69) is 10.0 Å². The van der Waals surface area contributed by atoms with Crippen LogP contribution in [-0.4, -0.2) is 14.3 Å². The number of carbonyl (C=O) groups excluding carboxylic acids is 1. The minimum atomic E-state index is -3.79. The summed E-state index contributed by atoms with van der Waals surface area (Å²) in [6.07, 6.45) is 0. The van der Waals surface area contributed by atoms with Crippen LogP contribution in [0, 0.1) is 13.8 Å². The van der Waals surface area contributed by atoms with Crippen molar-refractivity contribution in [2.24, 2.45) is 0 Å². The summed E-state index contributed by atoms with van der Waals surface area (Å²) in [5.41, 5.74) is 2.86. The van der Waals surface area contributed by atoms with Crippen molar-refractivity contribution in [3.63, 3.8) is 0 Å². The van der Waals surface area contributed by atoms with Crippen molar-refractivity contribution < 1.29 is 13.2 Å².